The Bertz CT molecular complexity index is 841. The number of halogens is 1. The summed E-state index contributed by atoms with van der Waals surface area (Å²) in [5.74, 6) is -0.959. The number of nitrogens with one attached hydrogen (secondary N) is 1. The fourth-order valence-electron chi connectivity index (χ4n) is 2.57. The van der Waals surface area contributed by atoms with Crippen molar-refractivity contribution in [3.05, 3.63) is 70.4 Å². The van der Waals surface area contributed by atoms with Gasteiger partial charge in [0.2, 0.25) is 0 Å². The molecule has 5 heteroatoms. The Labute approximate surface area is 145 Å². The van der Waals surface area contributed by atoms with Crippen LogP contribution in [0, 0.1) is 6.92 Å². The first-order valence-electron chi connectivity index (χ1n) is 7.73. The van der Waals surface area contributed by atoms with Crippen molar-refractivity contribution in [2.24, 2.45) is 0 Å². The normalized spacial score (nSPS) is 14.5. The maximum atomic E-state index is 12.7. The van der Waals surface area contributed by atoms with E-state index in [-0.39, 0.29) is 10.7 Å². The quantitative estimate of drug-likeness (QED) is 0.856. The molecule has 1 N–H and O–H groups in total. The Morgan fingerprint density at radius 3 is 2.29 bits per heavy atom. The van der Waals surface area contributed by atoms with E-state index < -0.39 is 11.8 Å². The fourth-order valence-corrected chi connectivity index (χ4v) is 2.79. The third-order valence-electron chi connectivity index (χ3n) is 4.03. The van der Waals surface area contributed by atoms with Gasteiger partial charge >= 0.3 is 0 Å². The van der Waals surface area contributed by atoms with Crippen LogP contribution >= 0.6 is 11.6 Å². The molecule has 0 bridgehead atoms. The SMILES string of the molecule is CCc1ccc(N2C(=O)C(Cl)=C(Nc3ccccc3C)C2=O)cc1. The van der Waals surface area contributed by atoms with Crippen LogP contribution in [0.1, 0.15) is 18.1 Å². The zero-order valence-electron chi connectivity index (χ0n) is 13.5. The molecule has 0 spiro atoms. The minimum atomic E-state index is -0.512. The summed E-state index contributed by atoms with van der Waals surface area (Å²) >= 11 is 6.13. The number of para-hydroxylation sites is 1. The van der Waals surface area contributed by atoms with Crippen LogP contribution in [-0.4, -0.2) is 11.8 Å². The summed E-state index contributed by atoms with van der Waals surface area (Å²) in [6, 6.07) is 14.8. The Balaban J connectivity index is 1.91. The third kappa shape index (κ3) is 2.81. The number of hydrogen-bond acceptors (Lipinski definition) is 3. The highest BCUT2D eigenvalue weighted by atomic mass is 35.5. The van der Waals surface area contributed by atoms with Crippen molar-refractivity contribution < 1.29 is 9.59 Å². The Morgan fingerprint density at radius 1 is 1.00 bits per heavy atom. The lowest BCUT2D eigenvalue weighted by Gasteiger charge is -2.16. The van der Waals surface area contributed by atoms with Crippen LogP contribution in [0.5, 0.6) is 0 Å². The van der Waals surface area contributed by atoms with Crippen LogP contribution in [0.15, 0.2) is 59.3 Å². The molecule has 0 aromatic heterocycles. The summed E-state index contributed by atoms with van der Waals surface area (Å²) in [7, 11) is 0. The van der Waals surface area contributed by atoms with Gasteiger partial charge in [0.15, 0.2) is 0 Å². The topological polar surface area (TPSA) is 49.4 Å². The van der Waals surface area contributed by atoms with Crippen LogP contribution in [0.25, 0.3) is 0 Å². The number of anilines is 2. The van der Waals surface area contributed by atoms with Crippen molar-refractivity contribution in [1.29, 1.82) is 0 Å². The largest absolute Gasteiger partial charge is 0.349 e. The molecule has 122 valence electrons. The van der Waals surface area contributed by atoms with Crippen LogP contribution in [0.4, 0.5) is 11.4 Å². The predicted molar refractivity (Wildman–Crippen MR) is 96.0 cm³/mol. The van der Waals surface area contributed by atoms with Crippen LogP contribution in [-0.2, 0) is 16.0 Å². The summed E-state index contributed by atoms with van der Waals surface area (Å²) in [5, 5.41) is 2.90. The lowest BCUT2D eigenvalue weighted by atomic mass is 10.1. The number of aryl methyl sites for hydroxylation is 2. The van der Waals surface area contributed by atoms with E-state index in [2.05, 4.69) is 5.32 Å². The zero-order valence-corrected chi connectivity index (χ0v) is 14.2. The molecule has 1 aliphatic rings. The first-order chi connectivity index (χ1) is 11.5. The molecule has 0 saturated carbocycles. The molecule has 0 atom stereocenters. The van der Waals surface area contributed by atoms with Crippen LogP contribution in [0.3, 0.4) is 0 Å². The summed E-state index contributed by atoms with van der Waals surface area (Å²) < 4.78 is 0. The second-order valence-corrected chi connectivity index (χ2v) is 5.97. The number of rotatable bonds is 4. The minimum Gasteiger partial charge on any atom is -0.349 e. The van der Waals surface area contributed by atoms with Crippen molar-refractivity contribution in [2.75, 3.05) is 10.2 Å². The van der Waals surface area contributed by atoms with Gasteiger partial charge in [0.1, 0.15) is 10.7 Å². The first kappa shape index (κ1) is 16.3. The molecule has 2 amide bonds. The number of carbonyl (C=O) groups is 2. The smallest absolute Gasteiger partial charge is 0.283 e. The zero-order chi connectivity index (χ0) is 17.3. The van der Waals surface area contributed by atoms with Gasteiger partial charge in [0.05, 0.1) is 5.69 Å². The lowest BCUT2D eigenvalue weighted by Crippen LogP contribution is -2.32. The monoisotopic (exact) mass is 340 g/mol. The van der Waals surface area contributed by atoms with Gasteiger partial charge in [-0.15, -0.1) is 0 Å². The number of carbonyl (C=O) groups excluding carboxylic acids is 2. The fraction of sp³-hybridized carbons (Fsp3) is 0.158. The van der Waals surface area contributed by atoms with Crippen molar-refractivity contribution in [3.63, 3.8) is 0 Å². The van der Waals surface area contributed by atoms with E-state index in [4.69, 9.17) is 11.6 Å². The van der Waals surface area contributed by atoms with Gasteiger partial charge in [-0.05, 0) is 42.7 Å². The van der Waals surface area contributed by atoms with E-state index >= 15 is 0 Å². The molecular formula is C19H17ClN2O2. The van der Waals surface area contributed by atoms with E-state index in [0.717, 1.165) is 28.1 Å². The number of nitrogens with zero attached hydrogens (tertiary/aromatic N) is 1. The number of hydrogen-bond donors (Lipinski definition) is 1. The van der Waals surface area contributed by atoms with Crippen LogP contribution < -0.4 is 10.2 Å². The van der Waals surface area contributed by atoms with Gasteiger partial charge in [0, 0.05) is 5.69 Å². The third-order valence-corrected chi connectivity index (χ3v) is 4.39. The van der Waals surface area contributed by atoms with Crippen LogP contribution in [0.2, 0.25) is 0 Å². The van der Waals surface area contributed by atoms with E-state index in [1.165, 1.54) is 0 Å². The highest BCUT2D eigenvalue weighted by Crippen LogP contribution is 2.30. The molecule has 0 aliphatic carbocycles. The Kier molecular flexibility index (Phi) is 4.40. The van der Waals surface area contributed by atoms with Gasteiger partial charge in [-0.3, -0.25) is 9.59 Å². The first-order valence-corrected chi connectivity index (χ1v) is 8.11. The Hall–Kier alpha value is -2.59. The van der Waals surface area contributed by atoms with Gasteiger partial charge in [-0.1, -0.05) is 48.9 Å². The van der Waals surface area contributed by atoms with E-state index in [0.29, 0.717) is 5.69 Å². The summed E-state index contributed by atoms with van der Waals surface area (Å²) in [4.78, 5) is 26.2. The van der Waals surface area contributed by atoms with Gasteiger partial charge in [-0.25, -0.2) is 4.90 Å². The molecule has 0 saturated heterocycles. The molecule has 0 unspecified atom stereocenters. The molecule has 1 aliphatic heterocycles. The average molecular weight is 341 g/mol. The maximum Gasteiger partial charge on any atom is 0.283 e. The van der Waals surface area contributed by atoms with Crippen molar-refractivity contribution in [1.82, 2.24) is 0 Å². The predicted octanol–water partition coefficient (Wildman–Crippen LogP) is 3.99. The number of benzene rings is 2. The summed E-state index contributed by atoms with van der Waals surface area (Å²) in [6.45, 7) is 3.96. The van der Waals surface area contributed by atoms with E-state index in [1.807, 2.05) is 50.2 Å². The van der Waals surface area contributed by atoms with Crippen molar-refractivity contribution in [3.8, 4) is 0 Å². The highest BCUT2D eigenvalue weighted by Gasteiger charge is 2.38. The van der Waals surface area contributed by atoms with E-state index in [9.17, 15) is 9.59 Å². The average Bonchev–Trinajstić information content (AvgIpc) is 2.80. The number of imide groups is 1. The molecule has 0 radical (unpaired) electrons. The second kappa shape index (κ2) is 6.49. The molecule has 2 aromatic rings. The summed E-state index contributed by atoms with van der Waals surface area (Å²) in [5.41, 5.74) is 3.46. The van der Waals surface area contributed by atoms with Gasteiger partial charge < -0.3 is 5.32 Å². The molecule has 24 heavy (non-hydrogen) atoms. The second-order valence-electron chi connectivity index (χ2n) is 5.59. The Morgan fingerprint density at radius 2 is 1.67 bits per heavy atom. The lowest BCUT2D eigenvalue weighted by molar-refractivity contribution is -0.120. The standard InChI is InChI=1S/C19H17ClN2O2/c1-3-13-8-10-14(11-9-13)22-18(23)16(20)17(19(22)24)21-15-7-5-4-6-12(15)2/h4-11,21H,3H2,1-2H3. The molecule has 3 rings (SSSR count). The molecule has 1 heterocycles. The van der Waals surface area contributed by atoms with Crippen molar-refractivity contribution in [2.45, 2.75) is 20.3 Å². The summed E-state index contributed by atoms with van der Waals surface area (Å²) in [6.07, 6.45) is 0.890. The van der Waals surface area contributed by atoms with Gasteiger partial charge in [-0.2, -0.15) is 0 Å². The maximum absolute atomic E-state index is 12.7. The highest BCUT2D eigenvalue weighted by molar-refractivity contribution is 6.53. The minimum absolute atomic E-state index is 0.0946. The van der Waals surface area contributed by atoms with Crippen molar-refractivity contribution >= 4 is 34.8 Å². The molecule has 2 aromatic carbocycles. The van der Waals surface area contributed by atoms with Gasteiger partial charge in [0.25, 0.3) is 11.8 Å². The molecular weight excluding hydrogens is 324 g/mol. The molecule has 4 nitrogen and oxygen atoms in total. The van der Waals surface area contributed by atoms with E-state index in [1.54, 1.807) is 12.1 Å². The number of amides is 2. The molecule has 0 fully saturated rings.